The molecule has 2 heterocycles. The second-order valence-electron chi connectivity index (χ2n) is 6.85. The van der Waals surface area contributed by atoms with E-state index in [0.29, 0.717) is 42.4 Å². The van der Waals surface area contributed by atoms with E-state index in [1.54, 1.807) is 30.3 Å². The first-order valence-electron chi connectivity index (χ1n) is 9.42. The van der Waals surface area contributed by atoms with E-state index in [-0.39, 0.29) is 6.54 Å². The van der Waals surface area contributed by atoms with Crippen molar-refractivity contribution < 1.29 is 23.9 Å². The standard InChI is InChI=1S/C21H21N3O5/c1-2-21(14-6-4-3-5-7-14)19(26)24(20(27)23-21)13-18(25)22-15-8-9-16-17(12-15)29-11-10-28-16/h3-9,12H,2,10-11,13H2,1H3,(H,22,25)(H,23,27). The molecule has 4 rings (SSSR count). The molecule has 4 amide bonds. The number of hydrogen-bond acceptors (Lipinski definition) is 5. The summed E-state index contributed by atoms with van der Waals surface area (Å²) in [7, 11) is 0. The van der Waals surface area contributed by atoms with Crippen LogP contribution in [0.4, 0.5) is 10.5 Å². The van der Waals surface area contributed by atoms with Crippen LogP contribution in [0.2, 0.25) is 0 Å². The van der Waals surface area contributed by atoms with Crippen molar-refractivity contribution in [2.24, 2.45) is 0 Å². The first-order chi connectivity index (χ1) is 14.0. The average Bonchev–Trinajstić information content (AvgIpc) is 2.99. The summed E-state index contributed by atoms with van der Waals surface area (Å²) >= 11 is 0. The molecule has 0 saturated carbocycles. The Hall–Kier alpha value is -3.55. The van der Waals surface area contributed by atoms with Crippen LogP contribution in [0.15, 0.2) is 48.5 Å². The van der Waals surface area contributed by atoms with E-state index in [4.69, 9.17) is 9.47 Å². The van der Waals surface area contributed by atoms with Crippen LogP contribution >= 0.6 is 0 Å². The maximum Gasteiger partial charge on any atom is 0.325 e. The molecule has 2 aromatic rings. The Bertz CT molecular complexity index is 962. The Morgan fingerprint density at radius 3 is 2.55 bits per heavy atom. The summed E-state index contributed by atoms with van der Waals surface area (Å²) in [4.78, 5) is 39.0. The Balaban J connectivity index is 1.48. The van der Waals surface area contributed by atoms with Crippen molar-refractivity contribution in [1.82, 2.24) is 10.2 Å². The lowest BCUT2D eigenvalue weighted by Gasteiger charge is -2.25. The number of ether oxygens (including phenoxy) is 2. The van der Waals surface area contributed by atoms with Crippen molar-refractivity contribution in [3.05, 3.63) is 54.1 Å². The minimum atomic E-state index is -1.16. The third kappa shape index (κ3) is 3.37. The van der Waals surface area contributed by atoms with Crippen LogP contribution in [0.25, 0.3) is 0 Å². The van der Waals surface area contributed by atoms with Gasteiger partial charge in [-0.25, -0.2) is 4.79 Å². The summed E-state index contributed by atoms with van der Waals surface area (Å²) in [5.74, 6) is 0.232. The van der Waals surface area contributed by atoms with Gasteiger partial charge >= 0.3 is 6.03 Å². The number of hydrogen-bond donors (Lipinski definition) is 2. The highest BCUT2D eigenvalue weighted by atomic mass is 16.6. The molecule has 8 heteroatoms. The van der Waals surface area contributed by atoms with Crippen molar-refractivity contribution in [3.63, 3.8) is 0 Å². The number of benzene rings is 2. The van der Waals surface area contributed by atoms with Gasteiger partial charge in [0.05, 0.1) is 0 Å². The van der Waals surface area contributed by atoms with Crippen LogP contribution in [0.5, 0.6) is 11.5 Å². The van der Waals surface area contributed by atoms with E-state index in [1.807, 2.05) is 25.1 Å². The highest BCUT2D eigenvalue weighted by Crippen LogP contribution is 2.34. The summed E-state index contributed by atoms with van der Waals surface area (Å²) in [6, 6.07) is 13.5. The molecule has 2 aliphatic heterocycles. The monoisotopic (exact) mass is 395 g/mol. The smallest absolute Gasteiger partial charge is 0.325 e. The van der Waals surface area contributed by atoms with Crippen molar-refractivity contribution >= 4 is 23.5 Å². The van der Waals surface area contributed by atoms with Gasteiger partial charge in [0.2, 0.25) is 5.91 Å². The molecule has 0 bridgehead atoms. The minimum Gasteiger partial charge on any atom is -0.486 e. The lowest BCUT2D eigenvalue weighted by Crippen LogP contribution is -2.44. The van der Waals surface area contributed by atoms with Crippen molar-refractivity contribution in [3.8, 4) is 11.5 Å². The summed E-state index contributed by atoms with van der Waals surface area (Å²) in [5, 5.41) is 5.46. The molecule has 0 aromatic heterocycles. The third-order valence-electron chi connectivity index (χ3n) is 5.10. The zero-order valence-corrected chi connectivity index (χ0v) is 15.9. The average molecular weight is 395 g/mol. The van der Waals surface area contributed by atoms with Crippen LogP contribution in [0, 0.1) is 0 Å². The van der Waals surface area contributed by atoms with Gasteiger partial charge in [-0.3, -0.25) is 14.5 Å². The molecule has 29 heavy (non-hydrogen) atoms. The van der Waals surface area contributed by atoms with Gasteiger partial charge in [-0.15, -0.1) is 0 Å². The van der Waals surface area contributed by atoms with Crippen molar-refractivity contribution in [2.75, 3.05) is 25.1 Å². The molecule has 150 valence electrons. The predicted molar refractivity (Wildman–Crippen MR) is 105 cm³/mol. The maximum absolute atomic E-state index is 13.1. The summed E-state index contributed by atoms with van der Waals surface area (Å²) in [5.41, 5.74) is 0.0296. The Labute approximate surface area is 167 Å². The molecular weight excluding hydrogens is 374 g/mol. The van der Waals surface area contributed by atoms with E-state index < -0.39 is 23.4 Å². The fourth-order valence-electron chi connectivity index (χ4n) is 3.60. The SMILES string of the molecule is CCC1(c2ccccc2)NC(=O)N(CC(=O)Nc2ccc3c(c2)OCCO3)C1=O. The molecule has 0 radical (unpaired) electrons. The topological polar surface area (TPSA) is 97.0 Å². The third-order valence-corrected chi connectivity index (χ3v) is 5.10. The van der Waals surface area contributed by atoms with Gasteiger partial charge in [0.15, 0.2) is 11.5 Å². The molecule has 0 aliphatic carbocycles. The first kappa shape index (κ1) is 18.8. The predicted octanol–water partition coefficient (Wildman–Crippen LogP) is 2.25. The van der Waals surface area contributed by atoms with E-state index >= 15 is 0 Å². The molecule has 0 spiro atoms. The molecule has 2 aliphatic rings. The summed E-state index contributed by atoms with van der Waals surface area (Å²) in [6.07, 6.45) is 0.377. The molecule has 1 fully saturated rings. The molecule has 1 saturated heterocycles. The molecular formula is C21H21N3O5. The second-order valence-corrected chi connectivity index (χ2v) is 6.85. The minimum absolute atomic E-state index is 0.377. The van der Waals surface area contributed by atoms with Crippen molar-refractivity contribution in [2.45, 2.75) is 18.9 Å². The van der Waals surface area contributed by atoms with E-state index in [9.17, 15) is 14.4 Å². The molecule has 2 N–H and O–H groups in total. The van der Waals surface area contributed by atoms with Gasteiger partial charge in [0, 0.05) is 11.8 Å². The number of nitrogens with one attached hydrogen (secondary N) is 2. The number of imide groups is 1. The molecule has 1 unspecified atom stereocenters. The first-order valence-corrected chi connectivity index (χ1v) is 9.42. The quantitative estimate of drug-likeness (QED) is 0.757. The summed E-state index contributed by atoms with van der Waals surface area (Å²) < 4.78 is 11.0. The highest BCUT2D eigenvalue weighted by Gasteiger charge is 2.51. The van der Waals surface area contributed by atoms with Crippen LogP contribution in [-0.2, 0) is 15.1 Å². The lowest BCUT2D eigenvalue weighted by molar-refractivity contribution is -0.134. The number of carbonyl (C=O) groups excluding carboxylic acids is 3. The van der Waals surface area contributed by atoms with E-state index in [0.717, 1.165) is 4.90 Å². The van der Waals surface area contributed by atoms with Gasteiger partial charge in [-0.05, 0) is 24.1 Å². The van der Waals surface area contributed by atoms with Gasteiger partial charge < -0.3 is 20.1 Å². The van der Waals surface area contributed by atoms with Gasteiger partial charge in [-0.1, -0.05) is 37.3 Å². The van der Waals surface area contributed by atoms with E-state index in [2.05, 4.69) is 10.6 Å². The highest BCUT2D eigenvalue weighted by molar-refractivity contribution is 6.10. The number of urea groups is 1. The van der Waals surface area contributed by atoms with Crippen LogP contribution < -0.4 is 20.1 Å². The second kappa shape index (κ2) is 7.46. The van der Waals surface area contributed by atoms with Gasteiger partial charge in [0.1, 0.15) is 25.3 Å². The maximum atomic E-state index is 13.1. The fourth-order valence-corrected chi connectivity index (χ4v) is 3.60. The van der Waals surface area contributed by atoms with Crippen LogP contribution in [0.3, 0.4) is 0 Å². The number of anilines is 1. The number of nitrogens with zero attached hydrogens (tertiary/aromatic N) is 1. The Morgan fingerprint density at radius 1 is 1.10 bits per heavy atom. The molecule has 1 atom stereocenters. The normalized spacial score (nSPS) is 20.4. The zero-order chi connectivity index (χ0) is 20.4. The fraction of sp³-hybridized carbons (Fsp3) is 0.286. The largest absolute Gasteiger partial charge is 0.486 e. The number of rotatable bonds is 5. The molecule has 8 nitrogen and oxygen atoms in total. The van der Waals surface area contributed by atoms with Gasteiger partial charge in [-0.2, -0.15) is 0 Å². The van der Waals surface area contributed by atoms with Gasteiger partial charge in [0.25, 0.3) is 5.91 Å². The summed E-state index contributed by atoms with van der Waals surface area (Å²) in [6.45, 7) is 2.36. The Morgan fingerprint density at radius 2 is 1.83 bits per heavy atom. The van der Waals surface area contributed by atoms with Crippen LogP contribution in [0.1, 0.15) is 18.9 Å². The molecule has 2 aromatic carbocycles. The number of fused-ring (bicyclic) bond motifs is 1. The number of amides is 4. The van der Waals surface area contributed by atoms with E-state index in [1.165, 1.54) is 0 Å². The lowest BCUT2D eigenvalue weighted by atomic mass is 9.87. The zero-order valence-electron chi connectivity index (χ0n) is 15.9. The number of carbonyl (C=O) groups is 3. The Kier molecular flexibility index (Phi) is 4.84. The van der Waals surface area contributed by atoms with Crippen molar-refractivity contribution in [1.29, 1.82) is 0 Å². The van der Waals surface area contributed by atoms with Crippen LogP contribution in [-0.4, -0.2) is 42.5 Å².